The fourth-order valence-corrected chi connectivity index (χ4v) is 5.41. The predicted octanol–water partition coefficient (Wildman–Crippen LogP) is 2.80. The van der Waals surface area contributed by atoms with Gasteiger partial charge in [-0.2, -0.15) is 4.31 Å². The van der Waals surface area contributed by atoms with Crippen molar-refractivity contribution < 1.29 is 13.2 Å². The van der Waals surface area contributed by atoms with Crippen molar-refractivity contribution in [1.29, 1.82) is 0 Å². The van der Waals surface area contributed by atoms with Crippen molar-refractivity contribution in [3.8, 4) is 0 Å². The highest BCUT2D eigenvalue weighted by atomic mass is 32.2. The third kappa shape index (κ3) is 4.61. The highest BCUT2D eigenvalue weighted by molar-refractivity contribution is 7.89. The van der Waals surface area contributed by atoms with E-state index in [9.17, 15) is 13.2 Å². The van der Waals surface area contributed by atoms with Gasteiger partial charge in [0.2, 0.25) is 15.9 Å². The van der Waals surface area contributed by atoms with Gasteiger partial charge in [-0.1, -0.05) is 30.3 Å². The van der Waals surface area contributed by atoms with Crippen LogP contribution in [0.2, 0.25) is 0 Å². The van der Waals surface area contributed by atoms with Crippen LogP contribution in [0.4, 0.5) is 5.69 Å². The molecular formula is C23H26N4O3S. The molecule has 1 saturated heterocycles. The Morgan fingerprint density at radius 3 is 2.52 bits per heavy atom. The number of nitrogens with one attached hydrogen (secondary N) is 1. The average molecular weight is 439 g/mol. The van der Waals surface area contributed by atoms with Crippen molar-refractivity contribution in [2.24, 2.45) is 0 Å². The molecule has 8 heteroatoms. The minimum atomic E-state index is -3.66. The number of aromatic nitrogens is 1. The topological polar surface area (TPSA) is 82.6 Å². The average Bonchev–Trinajstić information content (AvgIpc) is 2.75. The Bertz CT molecular complexity index is 1220. The lowest BCUT2D eigenvalue weighted by atomic mass is 10.2. The van der Waals surface area contributed by atoms with Gasteiger partial charge in [0.1, 0.15) is 4.90 Å². The zero-order chi connectivity index (χ0) is 22.0. The van der Waals surface area contributed by atoms with E-state index in [1.54, 1.807) is 18.3 Å². The molecule has 162 valence electrons. The number of nitrogens with zero attached hydrogens (tertiary/aromatic N) is 3. The summed E-state index contributed by atoms with van der Waals surface area (Å²) < 4.78 is 28.0. The summed E-state index contributed by atoms with van der Waals surface area (Å²) in [6, 6.07) is 14.8. The van der Waals surface area contributed by atoms with E-state index in [1.165, 1.54) is 4.31 Å². The van der Waals surface area contributed by atoms with Crippen molar-refractivity contribution >= 4 is 32.5 Å². The van der Waals surface area contributed by atoms with E-state index in [2.05, 4.69) is 10.3 Å². The van der Waals surface area contributed by atoms with Gasteiger partial charge in [-0.3, -0.25) is 14.7 Å². The quantitative estimate of drug-likeness (QED) is 0.662. The van der Waals surface area contributed by atoms with Crippen LogP contribution in [0.15, 0.2) is 59.6 Å². The van der Waals surface area contributed by atoms with Crippen LogP contribution in [0.5, 0.6) is 0 Å². The maximum Gasteiger partial charge on any atom is 0.245 e. The Kier molecular flexibility index (Phi) is 6.04. The molecule has 2 aromatic carbocycles. The second kappa shape index (κ2) is 8.74. The van der Waals surface area contributed by atoms with E-state index in [-0.39, 0.29) is 17.3 Å². The van der Waals surface area contributed by atoms with Crippen molar-refractivity contribution in [3.05, 3.63) is 65.9 Å². The number of para-hydroxylation sites is 2. The molecule has 0 radical (unpaired) electrons. The lowest BCUT2D eigenvalue weighted by Crippen LogP contribution is -2.50. The summed E-state index contributed by atoms with van der Waals surface area (Å²) in [7, 11) is -3.66. The molecular weight excluding hydrogens is 412 g/mol. The molecule has 0 aliphatic carbocycles. The van der Waals surface area contributed by atoms with Crippen LogP contribution in [-0.2, 0) is 14.8 Å². The first-order valence-electron chi connectivity index (χ1n) is 10.3. The number of hydrogen-bond acceptors (Lipinski definition) is 5. The van der Waals surface area contributed by atoms with Gasteiger partial charge < -0.3 is 5.32 Å². The van der Waals surface area contributed by atoms with Crippen LogP contribution in [0, 0.1) is 13.8 Å². The van der Waals surface area contributed by atoms with Gasteiger partial charge in [0.15, 0.2) is 0 Å². The van der Waals surface area contributed by atoms with Gasteiger partial charge in [-0.25, -0.2) is 8.42 Å². The Balaban J connectivity index is 1.41. The number of sulfonamides is 1. The first-order chi connectivity index (χ1) is 14.8. The standard InChI is InChI=1S/C23H26N4O3S/c1-17-14-19-7-5-9-21(23(19)24-15-17)31(29,30)27-12-10-26(11-13-27)16-22(28)25-20-8-4-3-6-18(20)2/h3-9,14-15H,10-13,16H2,1-2H3,(H,25,28). The highest BCUT2D eigenvalue weighted by Gasteiger charge is 2.30. The lowest BCUT2D eigenvalue weighted by molar-refractivity contribution is -0.117. The second-order valence-electron chi connectivity index (χ2n) is 7.88. The molecule has 0 spiro atoms. The summed E-state index contributed by atoms with van der Waals surface area (Å²) in [6.45, 7) is 5.78. The molecule has 0 bridgehead atoms. The molecule has 3 aromatic rings. The van der Waals surface area contributed by atoms with Crippen LogP contribution < -0.4 is 5.32 Å². The van der Waals surface area contributed by atoms with Crippen LogP contribution in [0.3, 0.4) is 0 Å². The fraction of sp³-hybridized carbons (Fsp3) is 0.304. The number of piperazine rings is 1. The largest absolute Gasteiger partial charge is 0.325 e. The minimum Gasteiger partial charge on any atom is -0.325 e. The van der Waals surface area contributed by atoms with Crippen molar-refractivity contribution in [3.63, 3.8) is 0 Å². The monoisotopic (exact) mass is 438 g/mol. The first kappa shape index (κ1) is 21.4. The number of carbonyl (C=O) groups excluding carboxylic acids is 1. The number of anilines is 1. The zero-order valence-corrected chi connectivity index (χ0v) is 18.5. The Morgan fingerprint density at radius 2 is 1.77 bits per heavy atom. The summed E-state index contributed by atoms with van der Waals surface area (Å²) in [6.07, 6.45) is 1.69. The number of rotatable bonds is 5. The fourth-order valence-electron chi connectivity index (χ4n) is 3.82. The second-order valence-corrected chi connectivity index (χ2v) is 9.79. The van der Waals surface area contributed by atoms with Gasteiger partial charge in [-0.15, -0.1) is 0 Å². The number of aryl methyl sites for hydroxylation is 2. The third-order valence-electron chi connectivity index (χ3n) is 5.55. The van der Waals surface area contributed by atoms with Crippen LogP contribution in [0.1, 0.15) is 11.1 Å². The molecule has 0 unspecified atom stereocenters. The number of pyridine rings is 1. The Hall–Kier alpha value is -2.81. The van der Waals surface area contributed by atoms with E-state index < -0.39 is 10.0 Å². The van der Waals surface area contributed by atoms with Gasteiger partial charge in [-0.05, 0) is 43.2 Å². The molecule has 2 heterocycles. The maximum absolute atomic E-state index is 13.3. The van der Waals surface area contributed by atoms with Crippen LogP contribution >= 0.6 is 0 Å². The summed E-state index contributed by atoms with van der Waals surface area (Å²) >= 11 is 0. The highest BCUT2D eigenvalue weighted by Crippen LogP contribution is 2.25. The van der Waals surface area contributed by atoms with E-state index >= 15 is 0 Å². The first-order valence-corrected chi connectivity index (χ1v) is 11.7. The Morgan fingerprint density at radius 1 is 1.03 bits per heavy atom. The lowest BCUT2D eigenvalue weighted by Gasteiger charge is -2.33. The molecule has 0 atom stereocenters. The zero-order valence-electron chi connectivity index (χ0n) is 17.7. The van der Waals surface area contributed by atoms with Crippen molar-refractivity contribution in [2.75, 3.05) is 38.0 Å². The van der Waals surface area contributed by atoms with E-state index in [1.807, 2.05) is 55.1 Å². The summed E-state index contributed by atoms with van der Waals surface area (Å²) in [5.41, 5.74) is 3.28. The van der Waals surface area contributed by atoms with Gasteiger partial charge in [0, 0.05) is 43.4 Å². The number of amides is 1. The molecule has 7 nitrogen and oxygen atoms in total. The van der Waals surface area contributed by atoms with Crippen LogP contribution in [-0.4, -0.2) is 61.2 Å². The third-order valence-corrected chi connectivity index (χ3v) is 7.48. The normalized spacial score (nSPS) is 15.8. The smallest absolute Gasteiger partial charge is 0.245 e. The number of fused-ring (bicyclic) bond motifs is 1. The molecule has 1 aromatic heterocycles. The van der Waals surface area contributed by atoms with Crippen molar-refractivity contribution in [2.45, 2.75) is 18.7 Å². The molecule has 0 saturated carbocycles. The predicted molar refractivity (Wildman–Crippen MR) is 121 cm³/mol. The summed E-state index contributed by atoms with van der Waals surface area (Å²) in [5.74, 6) is -0.0979. The molecule has 1 amide bonds. The molecule has 1 N–H and O–H groups in total. The van der Waals surface area contributed by atoms with Gasteiger partial charge in [0.05, 0.1) is 12.1 Å². The minimum absolute atomic E-state index is 0.0979. The molecule has 1 aliphatic rings. The van der Waals surface area contributed by atoms with Crippen LogP contribution in [0.25, 0.3) is 10.9 Å². The van der Waals surface area contributed by atoms with E-state index in [0.717, 1.165) is 22.2 Å². The molecule has 1 aliphatic heterocycles. The number of benzene rings is 2. The number of carbonyl (C=O) groups is 1. The van der Waals surface area contributed by atoms with Crippen molar-refractivity contribution in [1.82, 2.24) is 14.2 Å². The molecule has 31 heavy (non-hydrogen) atoms. The molecule has 1 fully saturated rings. The van der Waals surface area contributed by atoms with E-state index in [0.29, 0.717) is 31.7 Å². The SMILES string of the molecule is Cc1cnc2c(S(=O)(=O)N3CCN(CC(=O)Nc4ccccc4C)CC3)cccc2c1. The molecule has 4 rings (SSSR count). The number of hydrogen-bond donors (Lipinski definition) is 1. The van der Waals surface area contributed by atoms with Gasteiger partial charge >= 0.3 is 0 Å². The van der Waals surface area contributed by atoms with E-state index in [4.69, 9.17) is 0 Å². The van der Waals surface area contributed by atoms with Gasteiger partial charge in [0.25, 0.3) is 0 Å². The maximum atomic E-state index is 13.3. The Labute approximate surface area is 182 Å². The summed E-state index contributed by atoms with van der Waals surface area (Å²) in [4.78, 5) is 19.0. The summed E-state index contributed by atoms with van der Waals surface area (Å²) in [5, 5.41) is 3.74.